The van der Waals surface area contributed by atoms with E-state index < -0.39 is 11.7 Å². The third-order valence-corrected chi connectivity index (χ3v) is 5.07. The number of hydrogen-bond donors (Lipinski definition) is 1. The average molecular weight is 367 g/mol. The monoisotopic (exact) mass is 367 g/mol. The first-order valence-electron chi connectivity index (χ1n) is 7.83. The lowest BCUT2D eigenvalue weighted by Crippen LogP contribution is -2.23. The van der Waals surface area contributed by atoms with Crippen molar-refractivity contribution >= 4 is 23.4 Å². The SMILES string of the molecule is Cc1cccc(C)c1NC(=O)C(C)SCc1cccc(C(F)(F)F)c1. The number of halogens is 3. The molecule has 6 heteroatoms. The molecule has 0 aliphatic rings. The Morgan fingerprint density at radius 3 is 2.32 bits per heavy atom. The van der Waals surface area contributed by atoms with Crippen LogP contribution >= 0.6 is 11.8 Å². The first-order chi connectivity index (χ1) is 11.7. The maximum atomic E-state index is 12.7. The summed E-state index contributed by atoms with van der Waals surface area (Å²) in [4.78, 5) is 12.4. The molecule has 25 heavy (non-hydrogen) atoms. The average Bonchev–Trinajstić information content (AvgIpc) is 2.55. The number of carbonyl (C=O) groups is 1. The highest BCUT2D eigenvalue weighted by molar-refractivity contribution is 7.99. The Hall–Kier alpha value is -1.95. The molecule has 2 rings (SSSR count). The fraction of sp³-hybridized carbons (Fsp3) is 0.316. The lowest BCUT2D eigenvalue weighted by Gasteiger charge is -2.16. The number of thioether (sulfide) groups is 1. The largest absolute Gasteiger partial charge is 0.416 e. The molecule has 0 aliphatic heterocycles. The topological polar surface area (TPSA) is 29.1 Å². The van der Waals surface area contributed by atoms with E-state index in [1.165, 1.54) is 17.8 Å². The van der Waals surface area contributed by atoms with Gasteiger partial charge in [-0.2, -0.15) is 13.2 Å². The van der Waals surface area contributed by atoms with Gasteiger partial charge in [0.2, 0.25) is 5.91 Å². The highest BCUT2D eigenvalue weighted by atomic mass is 32.2. The molecule has 0 radical (unpaired) electrons. The lowest BCUT2D eigenvalue weighted by atomic mass is 10.1. The van der Waals surface area contributed by atoms with Crippen molar-refractivity contribution in [3.05, 3.63) is 64.7 Å². The number of anilines is 1. The van der Waals surface area contributed by atoms with E-state index in [1.54, 1.807) is 13.0 Å². The molecule has 2 nitrogen and oxygen atoms in total. The molecular weight excluding hydrogens is 347 g/mol. The maximum Gasteiger partial charge on any atom is 0.416 e. The van der Waals surface area contributed by atoms with E-state index in [2.05, 4.69) is 5.32 Å². The predicted octanol–water partition coefficient (Wildman–Crippen LogP) is 5.58. The predicted molar refractivity (Wildman–Crippen MR) is 96.7 cm³/mol. The van der Waals surface area contributed by atoms with Crippen molar-refractivity contribution < 1.29 is 18.0 Å². The van der Waals surface area contributed by atoms with Crippen LogP contribution in [-0.4, -0.2) is 11.2 Å². The number of amides is 1. The first-order valence-corrected chi connectivity index (χ1v) is 8.88. The van der Waals surface area contributed by atoms with Gasteiger partial charge in [0.15, 0.2) is 0 Å². The van der Waals surface area contributed by atoms with Gasteiger partial charge < -0.3 is 5.32 Å². The molecule has 0 bridgehead atoms. The van der Waals surface area contributed by atoms with Crippen LogP contribution in [0.4, 0.5) is 18.9 Å². The van der Waals surface area contributed by atoms with E-state index in [-0.39, 0.29) is 11.2 Å². The molecule has 0 spiro atoms. The van der Waals surface area contributed by atoms with Crippen molar-refractivity contribution in [1.29, 1.82) is 0 Å². The number of aryl methyl sites for hydroxylation is 2. The molecule has 1 atom stereocenters. The van der Waals surface area contributed by atoms with Gasteiger partial charge in [0.05, 0.1) is 10.8 Å². The standard InChI is InChI=1S/C19H20F3NOS/c1-12-6-4-7-13(2)17(12)23-18(24)14(3)25-11-15-8-5-9-16(10-15)19(20,21)22/h4-10,14H,11H2,1-3H3,(H,23,24). The summed E-state index contributed by atoms with van der Waals surface area (Å²) in [6.07, 6.45) is -4.36. The number of rotatable bonds is 5. The molecule has 134 valence electrons. The minimum atomic E-state index is -4.36. The fourth-order valence-corrected chi connectivity index (χ4v) is 3.20. The van der Waals surface area contributed by atoms with E-state index in [0.29, 0.717) is 11.3 Å². The first kappa shape index (κ1) is 19.4. The molecule has 1 unspecified atom stereocenters. The smallest absolute Gasteiger partial charge is 0.325 e. The number of hydrogen-bond acceptors (Lipinski definition) is 2. The summed E-state index contributed by atoms with van der Waals surface area (Å²) in [5.41, 5.74) is 2.62. The number of alkyl halides is 3. The van der Waals surface area contributed by atoms with E-state index in [9.17, 15) is 18.0 Å². The molecule has 1 N–H and O–H groups in total. The summed E-state index contributed by atoms with van der Waals surface area (Å²) in [5.74, 6) is 0.181. The second-order valence-electron chi connectivity index (χ2n) is 5.91. The van der Waals surface area contributed by atoms with Crippen LogP contribution in [-0.2, 0) is 16.7 Å². The summed E-state index contributed by atoms with van der Waals surface area (Å²) in [6, 6.07) is 11.0. The molecule has 0 aromatic heterocycles. The van der Waals surface area contributed by atoms with E-state index in [0.717, 1.165) is 28.9 Å². The normalized spacial score (nSPS) is 12.7. The number of carbonyl (C=O) groups excluding carboxylic acids is 1. The van der Waals surface area contributed by atoms with Gasteiger partial charge in [-0.25, -0.2) is 0 Å². The van der Waals surface area contributed by atoms with Crippen molar-refractivity contribution in [3.63, 3.8) is 0 Å². The van der Waals surface area contributed by atoms with Crippen LogP contribution in [0.3, 0.4) is 0 Å². The van der Waals surface area contributed by atoms with Gasteiger partial charge in [0.1, 0.15) is 0 Å². The molecule has 0 fully saturated rings. The number of benzene rings is 2. The molecule has 1 amide bonds. The van der Waals surface area contributed by atoms with Gasteiger partial charge >= 0.3 is 6.18 Å². The molecule has 0 heterocycles. The molecule has 0 saturated heterocycles. The van der Waals surface area contributed by atoms with Gasteiger partial charge in [0.25, 0.3) is 0 Å². The molecule has 0 aliphatic carbocycles. The van der Waals surface area contributed by atoms with Crippen molar-refractivity contribution in [2.45, 2.75) is 38.0 Å². The van der Waals surface area contributed by atoms with E-state index in [1.807, 2.05) is 32.0 Å². The lowest BCUT2D eigenvalue weighted by molar-refractivity contribution is -0.137. The van der Waals surface area contributed by atoms with Crippen LogP contribution in [0.1, 0.15) is 29.2 Å². The van der Waals surface area contributed by atoms with Gasteiger partial charge in [0, 0.05) is 11.4 Å². The minimum absolute atomic E-state index is 0.158. The van der Waals surface area contributed by atoms with Gasteiger partial charge in [-0.15, -0.1) is 11.8 Å². The molecular formula is C19H20F3NOS. The van der Waals surface area contributed by atoms with Crippen LogP contribution in [0.2, 0.25) is 0 Å². The Kier molecular flexibility index (Phi) is 6.16. The van der Waals surface area contributed by atoms with E-state index in [4.69, 9.17) is 0 Å². The maximum absolute atomic E-state index is 12.7. The summed E-state index contributed by atoms with van der Waals surface area (Å²) in [5, 5.41) is 2.53. The Balaban J connectivity index is 1.98. The van der Waals surface area contributed by atoms with Crippen molar-refractivity contribution in [2.24, 2.45) is 0 Å². The zero-order valence-electron chi connectivity index (χ0n) is 14.3. The molecule has 2 aromatic carbocycles. The van der Waals surface area contributed by atoms with E-state index >= 15 is 0 Å². The van der Waals surface area contributed by atoms with Gasteiger partial charge in [-0.05, 0) is 43.5 Å². The highest BCUT2D eigenvalue weighted by Gasteiger charge is 2.30. The Labute approximate surface area is 149 Å². The number of para-hydroxylation sites is 1. The highest BCUT2D eigenvalue weighted by Crippen LogP contribution is 2.31. The second kappa shape index (κ2) is 7.95. The Morgan fingerprint density at radius 2 is 1.72 bits per heavy atom. The van der Waals surface area contributed by atoms with Crippen molar-refractivity contribution in [2.75, 3.05) is 5.32 Å². The molecule has 2 aromatic rings. The van der Waals surface area contributed by atoms with Gasteiger partial charge in [-0.3, -0.25) is 4.79 Å². The van der Waals surface area contributed by atoms with Crippen LogP contribution < -0.4 is 5.32 Å². The zero-order chi connectivity index (χ0) is 18.6. The van der Waals surface area contributed by atoms with Crippen molar-refractivity contribution in [1.82, 2.24) is 0 Å². The van der Waals surface area contributed by atoms with Crippen LogP contribution in [0, 0.1) is 13.8 Å². The fourth-order valence-electron chi connectivity index (χ4n) is 2.37. The minimum Gasteiger partial charge on any atom is -0.325 e. The van der Waals surface area contributed by atoms with Crippen molar-refractivity contribution in [3.8, 4) is 0 Å². The van der Waals surface area contributed by atoms with Crippen LogP contribution in [0.15, 0.2) is 42.5 Å². The Bertz CT molecular complexity index is 738. The third-order valence-electron chi connectivity index (χ3n) is 3.85. The van der Waals surface area contributed by atoms with Crippen LogP contribution in [0.5, 0.6) is 0 Å². The summed E-state index contributed by atoms with van der Waals surface area (Å²) >= 11 is 1.31. The third kappa shape index (κ3) is 5.26. The second-order valence-corrected chi connectivity index (χ2v) is 7.24. The van der Waals surface area contributed by atoms with Crippen LogP contribution in [0.25, 0.3) is 0 Å². The Morgan fingerprint density at radius 1 is 1.12 bits per heavy atom. The summed E-state index contributed by atoms with van der Waals surface area (Å²) in [6.45, 7) is 5.59. The van der Waals surface area contributed by atoms with Gasteiger partial charge in [-0.1, -0.05) is 36.4 Å². The number of nitrogens with one attached hydrogen (secondary N) is 1. The summed E-state index contributed by atoms with van der Waals surface area (Å²) in [7, 11) is 0. The summed E-state index contributed by atoms with van der Waals surface area (Å²) < 4.78 is 38.2. The quantitative estimate of drug-likeness (QED) is 0.747. The molecule has 0 saturated carbocycles. The zero-order valence-corrected chi connectivity index (χ0v) is 15.1.